The Morgan fingerprint density at radius 2 is 2.06 bits per heavy atom. The summed E-state index contributed by atoms with van der Waals surface area (Å²) in [6, 6.07) is 7.36. The summed E-state index contributed by atoms with van der Waals surface area (Å²) >= 11 is 5.80. The molecule has 0 fully saturated rings. The minimum Gasteiger partial charge on any atom is -0.492 e. The molecule has 5 heteroatoms. The Kier molecular flexibility index (Phi) is 6.36. The molecule has 1 N–H and O–H groups in total. The molecule has 1 aromatic carbocycles. The summed E-state index contributed by atoms with van der Waals surface area (Å²) < 4.78 is 5.62. The molecule has 0 heterocycles. The van der Waals surface area contributed by atoms with Crippen LogP contribution >= 0.6 is 11.6 Å². The van der Waals surface area contributed by atoms with E-state index in [0.29, 0.717) is 11.6 Å². The van der Waals surface area contributed by atoms with E-state index in [1.54, 1.807) is 7.05 Å². The van der Waals surface area contributed by atoms with Gasteiger partial charge in [0.15, 0.2) is 5.96 Å². The highest BCUT2D eigenvalue weighted by Gasteiger charge is 2.04. The first-order valence-electron chi connectivity index (χ1n) is 5.97. The van der Waals surface area contributed by atoms with Gasteiger partial charge in [-0.2, -0.15) is 0 Å². The molecule has 0 bridgehead atoms. The Balaban J connectivity index is 2.35. The van der Waals surface area contributed by atoms with Crippen molar-refractivity contribution >= 4 is 17.6 Å². The van der Waals surface area contributed by atoms with Gasteiger partial charge in [-0.15, -0.1) is 0 Å². The third-order valence-electron chi connectivity index (χ3n) is 2.42. The number of hydrogen-bond donors (Lipinski definition) is 1. The quantitative estimate of drug-likeness (QED) is 0.658. The zero-order valence-corrected chi connectivity index (χ0v) is 11.9. The maximum absolute atomic E-state index is 5.80. The van der Waals surface area contributed by atoms with Gasteiger partial charge in [0.2, 0.25) is 0 Å². The number of nitrogens with zero attached hydrogens (tertiary/aromatic N) is 2. The van der Waals surface area contributed by atoms with Crippen LogP contribution in [0.3, 0.4) is 0 Å². The zero-order valence-electron chi connectivity index (χ0n) is 11.1. The van der Waals surface area contributed by atoms with Gasteiger partial charge < -0.3 is 15.0 Å². The standard InChI is InChI=1S/C13H20ClN3O/c1-4-16-13(15-2)17(3)9-10-18-12-7-5-11(14)6-8-12/h5-8H,4,9-10H2,1-3H3,(H,15,16). The number of guanidine groups is 1. The van der Waals surface area contributed by atoms with Crippen LogP contribution in [-0.4, -0.2) is 44.7 Å². The Hall–Kier alpha value is -1.42. The highest BCUT2D eigenvalue weighted by Crippen LogP contribution is 2.15. The number of aliphatic imine (C=N–C) groups is 1. The molecule has 1 rings (SSSR count). The molecule has 0 spiro atoms. The lowest BCUT2D eigenvalue weighted by Crippen LogP contribution is -2.40. The van der Waals surface area contributed by atoms with Crippen LogP contribution in [0.5, 0.6) is 5.75 Å². The second-order valence-electron chi connectivity index (χ2n) is 3.80. The zero-order chi connectivity index (χ0) is 13.4. The van der Waals surface area contributed by atoms with Crippen LogP contribution in [0.1, 0.15) is 6.92 Å². The van der Waals surface area contributed by atoms with Gasteiger partial charge in [-0.05, 0) is 31.2 Å². The van der Waals surface area contributed by atoms with E-state index in [-0.39, 0.29) is 0 Å². The normalized spacial score (nSPS) is 11.2. The van der Waals surface area contributed by atoms with Gasteiger partial charge in [0, 0.05) is 25.7 Å². The van der Waals surface area contributed by atoms with Crippen molar-refractivity contribution in [1.82, 2.24) is 10.2 Å². The van der Waals surface area contributed by atoms with Gasteiger partial charge in [-0.1, -0.05) is 11.6 Å². The first kappa shape index (κ1) is 14.6. The fraction of sp³-hybridized carbons (Fsp3) is 0.462. The second-order valence-corrected chi connectivity index (χ2v) is 4.24. The van der Waals surface area contributed by atoms with E-state index in [2.05, 4.69) is 10.3 Å². The van der Waals surface area contributed by atoms with Crippen molar-refractivity contribution in [2.24, 2.45) is 4.99 Å². The smallest absolute Gasteiger partial charge is 0.193 e. The third kappa shape index (κ3) is 4.84. The molecular weight excluding hydrogens is 250 g/mol. The average molecular weight is 270 g/mol. The molecule has 18 heavy (non-hydrogen) atoms. The van der Waals surface area contributed by atoms with Gasteiger partial charge >= 0.3 is 0 Å². The second kappa shape index (κ2) is 7.82. The molecule has 0 amide bonds. The largest absolute Gasteiger partial charge is 0.492 e. The van der Waals surface area contributed by atoms with Crippen molar-refractivity contribution in [3.8, 4) is 5.75 Å². The number of likely N-dealkylation sites (N-methyl/N-ethyl adjacent to an activating group) is 1. The monoisotopic (exact) mass is 269 g/mol. The Bertz CT molecular complexity index is 378. The van der Waals surface area contributed by atoms with E-state index < -0.39 is 0 Å². The van der Waals surface area contributed by atoms with Crippen molar-refractivity contribution in [2.45, 2.75) is 6.92 Å². The number of ether oxygens (including phenoxy) is 1. The molecule has 100 valence electrons. The van der Waals surface area contributed by atoms with Crippen LogP contribution in [0.15, 0.2) is 29.3 Å². The Labute approximate surface area is 114 Å². The van der Waals surface area contributed by atoms with Gasteiger partial charge in [0.25, 0.3) is 0 Å². The molecule has 0 aliphatic heterocycles. The lowest BCUT2D eigenvalue weighted by atomic mass is 10.3. The Morgan fingerprint density at radius 3 is 2.61 bits per heavy atom. The van der Waals surface area contributed by atoms with Gasteiger partial charge in [0.1, 0.15) is 12.4 Å². The molecule has 0 aliphatic rings. The highest BCUT2D eigenvalue weighted by atomic mass is 35.5. The van der Waals surface area contributed by atoms with Crippen molar-refractivity contribution in [3.05, 3.63) is 29.3 Å². The van der Waals surface area contributed by atoms with E-state index in [1.165, 1.54) is 0 Å². The fourth-order valence-electron chi connectivity index (χ4n) is 1.48. The minimum absolute atomic E-state index is 0.600. The Morgan fingerprint density at radius 1 is 1.39 bits per heavy atom. The fourth-order valence-corrected chi connectivity index (χ4v) is 1.61. The summed E-state index contributed by atoms with van der Waals surface area (Å²) in [5, 5.41) is 3.91. The summed E-state index contributed by atoms with van der Waals surface area (Å²) in [5.74, 6) is 1.70. The van der Waals surface area contributed by atoms with Crippen LogP contribution in [0.2, 0.25) is 5.02 Å². The van der Waals surface area contributed by atoms with Gasteiger partial charge in [0.05, 0.1) is 6.54 Å². The first-order chi connectivity index (χ1) is 8.67. The van der Waals surface area contributed by atoms with Crippen LogP contribution in [0, 0.1) is 0 Å². The van der Waals surface area contributed by atoms with E-state index >= 15 is 0 Å². The average Bonchev–Trinajstić information content (AvgIpc) is 2.38. The molecule has 4 nitrogen and oxygen atoms in total. The lowest BCUT2D eigenvalue weighted by Gasteiger charge is -2.21. The maximum atomic E-state index is 5.80. The predicted octanol–water partition coefficient (Wildman–Crippen LogP) is 2.25. The van der Waals surface area contributed by atoms with E-state index in [1.807, 2.05) is 43.1 Å². The third-order valence-corrected chi connectivity index (χ3v) is 2.67. The number of rotatable bonds is 5. The summed E-state index contributed by atoms with van der Waals surface area (Å²) in [6.07, 6.45) is 0. The molecule has 0 aromatic heterocycles. The van der Waals surface area contributed by atoms with Crippen molar-refractivity contribution in [2.75, 3.05) is 33.8 Å². The van der Waals surface area contributed by atoms with E-state index in [0.717, 1.165) is 24.8 Å². The predicted molar refractivity (Wildman–Crippen MR) is 76.6 cm³/mol. The van der Waals surface area contributed by atoms with E-state index in [9.17, 15) is 0 Å². The van der Waals surface area contributed by atoms with Gasteiger partial charge in [-0.3, -0.25) is 4.99 Å². The van der Waals surface area contributed by atoms with Crippen molar-refractivity contribution in [1.29, 1.82) is 0 Å². The topological polar surface area (TPSA) is 36.9 Å². The van der Waals surface area contributed by atoms with Gasteiger partial charge in [-0.25, -0.2) is 0 Å². The van der Waals surface area contributed by atoms with Crippen LogP contribution in [0.4, 0.5) is 0 Å². The summed E-state index contributed by atoms with van der Waals surface area (Å²) in [7, 11) is 3.75. The first-order valence-corrected chi connectivity index (χ1v) is 6.35. The summed E-state index contributed by atoms with van der Waals surface area (Å²) in [6.45, 7) is 4.27. The van der Waals surface area contributed by atoms with Crippen LogP contribution < -0.4 is 10.1 Å². The number of benzene rings is 1. The minimum atomic E-state index is 0.600. The van der Waals surface area contributed by atoms with Crippen LogP contribution in [-0.2, 0) is 0 Å². The molecular formula is C13H20ClN3O. The molecule has 0 aliphatic carbocycles. The van der Waals surface area contributed by atoms with E-state index in [4.69, 9.17) is 16.3 Å². The molecule has 1 aromatic rings. The maximum Gasteiger partial charge on any atom is 0.193 e. The SMILES string of the molecule is CCNC(=NC)N(C)CCOc1ccc(Cl)cc1. The molecule has 0 unspecified atom stereocenters. The number of hydrogen-bond acceptors (Lipinski definition) is 2. The van der Waals surface area contributed by atoms with Crippen LogP contribution in [0.25, 0.3) is 0 Å². The van der Waals surface area contributed by atoms with Crippen molar-refractivity contribution in [3.63, 3.8) is 0 Å². The number of nitrogens with one attached hydrogen (secondary N) is 1. The van der Waals surface area contributed by atoms with Crippen molar-refractivity contribution < 1.29 is 4.74 Å². The summed E-state index contributed by atoms with van der Waals surface area (Å²) in [4.78, 5) is 6.20. The molecule has 0 saturated carbocycles. The molecule has 0 radical (unpaired) electrons. The molecule has 0 saturated heterocycles. The summed E-state index contributed by atoms with van der Waals surface area (Å²) in [5.41, 5.74) is 0. The highest BCUT2D eigenvalue weighted by molar-refractivity contribution is 6.30. The number of halogens is 1. The molecule has 0 atom stereocenters. The lowest BCUT2D eigenvalue weighted by molar-refractivity contribution is 0.281.